The molecule has 0 aliphatic rings. The smallest absolute Gasteiger partial charge is 0.208 e. The van der Waals surface area contributed by atoms with E-state index < -0.39 is 11.6 Å². The molecule has 0 unspecified atom stereocenters. The molecule has 0 saturated carbocycles. The maximum Gasteiger partial charge on any atom is 0.208 e. The molecule has 0 aliphatic carbocycles. The van der Waals surface area contributed by atoms with Crippen molar-refractivity contribution in [1.29, 1.82) is 0 Å². The first-order valence-corrected chi connectivity index (χ1v) is 5.26. The van der Waals surface area contributed by atoms with E-state index in [1.165, 1.54) is 19.2 Å². The standard InChI is InChI=1S/C13H7BF2O2/c1-17-9-5-3-7-6-2-4-8(14)10(15)12(6)18-13(7)11(9)16/h2-5H,1H3. The van der Waals surface area contributed by atoms with Crippen LogP contribution < -0.4 is 10.2 Å². The zero-order valence-corrected chi connectivity index (χ0v) is 9.46. The van der Waals surface area contributed by atoms with Crippen molar-refractivity contribution >= 4 is 35.2 Å². The first kappa shape index (κ1) is 11.1. The van der Waals surface area contributed by atoms with Crippen LogP contribution in [-0.4, -0.2) is 15.0 Å². The van der Waals surface area contributed by atoms with E-state index >= 15 is 0 Å². The molecule has 0 N–H and O–H groups in total. The Kier molecular flexibility index (Phi) is 2.30. The largest absolute Gasteiger partial charge is 0.494 e. The molecule has 3 rings (SSSR count). The monoisotopic (exact) mass is 244 g/mol. The van der Waals surface area contributed by atoms with Crippen LogP contribution in [0.4, 0.5) is 8.78 Å². The first-order valence-electron chi connectivity index (χ1n) is 5.26. The molecular formula is C13H7BF2O2. The van der Waals surface area contributed by atoms with Gasteiger partial charge in [-0.1, -0.05) is 17.6 Å². The third kappa shape index (κ3) is 1.33. The Morgan fingerprint density at radius 1 is 1.00 bits per heavy atom. The first-order chi connectivity index (χ1) is 8.63. The Hall–Kier alpha value is -2.04. The van der Waals surface area contributed by atoms with Crippen molar-refractivity contribution in [1.82, 2.24) is 0 Å². The molecule has 0 amide bonds. The third-order valence-corrected chi connectivity index (χ3v) is 2.90. The van der Waals surface area contributed by atoms with Crippen molar-refractivity contribution in [2.45, 2.75) is 0 Å². The summed E-state index contributed by atoms with van der Waals surface area (Å²) in [6, 6.07) is 6.12. The van der Waals surface area contributed by atoms with E-state index in [9.17, 15) is 8.78 Å². The molecule has 18 heavy (non-hydrogen) atoms. The Bertz CT molecular complexity index is 765. The summed E-state index contributed by atoms with van der Waals surface area (Å²) >= 11 is 0. The van der Waals surface area contributed by atoms with Crippen LogP contribution in [0.15, 0.2) is 28.7 Å². The lowest BCUT2D eigenvalue weighted by Crippen LogP contribution is -2.06. The summed E-state index contributed by atoms with van der Waals surface area (Å²) in [5.41, 5.74) is -0.111. The lowest BCUT2D eigenvalue weighted by atomic mass is 9.94. The molecule has 1 aromatic heterocycles. The van der Waals surface area contributed by atoms with Crippen LogP contribution in [0, 0.1) is 11.6 Å². The Morgan fingerprint density at radius 2 is 1.61 bits per heavy atom. The maximum atomic E-state index is 14.0. The number of halogens is 2. The maximum absolute atomic E-state index is 14.0. The van der Waals surface area contributed by atoms with Crippen LogP contribution >= 0.6 is 0 Å². The van der Waals surface area contributed by atoms with E-state index in [1.54, 1.807) is 12.1 Å². The van der Waals surface area contributed by atoms with Crippen molar-refractivity contribution in [2.75, 3.05) is 7.11 Å². The molecule has 2 aromatic carbocycles. The fraction of sp³-hybridized carbons (Fsp3) is 0.0769. The molecule has 2 radical (unpaired) electrons. The van der Waals surface area contributed by atoms with Crippen molar-refractivity contribution in [3.8, 4) is 5.75 Å². The molecule has 2 nitrogen and oxygen atoms in total. The van der Waals surface area contributed by atoms with Crippen LogP contribution in [0.25, 0.3) is 21.9 Å². The van der Waals surface area contributed by atoms with Gasteiger partial charge in [-0.25, -0.2) is 4.39 Å². The zero-order valence-electron chi connectivity index (χ0n) is 9.46. The zero-order chi connectivity index (χ0) is 12.9. The van der Waals surface area contributed by atoms with E-state index in [0.717, 1.165) is 0 Å². The molecule has 3 aromatic rings. The minimum absolute atomic E-state index is 0.0334. The minimum Gasteiger partial charge on any atom is -0.494 e. The number of hydrogen-bond donors (Lipinski definition) is 0. The summed E-state index contributed by atoms with van der Waals surface area (Å²) < 4.78 is 37.8. The van der Waals surface area contributed by atoms with E-state index in [-0.39, 0.29) is 22.4 Å². The van der Waals surface area contributed by atoms with E-state index in [4.69, 9.17) is 17.0 Å². The predicted octanol–water partition coefficient (Wildman–Crippen LogP) is 2.67. The Morgan fingerprint density at radius 3 is 2.28 bits per heavy atom. The number of hydrogen-bond acceptors (Lipinski definition) is 2. The Labute approximate surface area is 103 Å². The number of furan rings is 1. The highest BCUT2D eigenvalue weighted by atomic mass is 19.1. The fourth-order valence-electron chi connectivity index (χ4n) is 1.99. The molecule has 0 bridgehead atoms. The van der Waals surface area contributed by atoms with Gasteiger partial charge >= 0.3 is 0 Å². The second-order valence-electron chi connectivity index (χ2n) is 3.91. The summed E-state index contributed by atoms with van der Waals surface area (Å²) in [6.45, 7) is 0. The van der Waals surface area contributed by atoms with E-state index in [0.29, 0.717) is 10.8 Å². The highest BCUT2D eigenvalue weighted by Crippen LogP contribution is 2.34. The molecule has 0 spiro atoms. The molecule has 88 valence electrons. The number of ether oxygens (including phenoxy) is 1. The molecule has 0 fully saturated rings. The third-order valence-electron chi connectivity index (χ3n) is 2.90. The topological polar surface area (TPSA) is 22.4 Å². The van der Waals surface area contributed by atoms with Gasteiger partial charge in [0, 0.05) is 10.8 Å². The van der Waals surface area contributed by atoms with Gasteiger partial charge in [0.05, 0.1) is 7.11 Å². The number of methoxy groups -OCH3 is 1. The van der Waals surface area contributed by atoms with Crippen molar-refractivity contribution in [3.05, 3.63) is 35.9 Å². The average Bonchev–Trinajstić information content (AvgIpc) is 2.75. The normalized spacial score (nSPS) is 11.3. The van der Waals surface area contributed by atoms with Crippen molar-refractivity contribution < 1.29 is 17.9 Å². The molecule has 0 aliphatic heterocycles. The lowest BCUT2D eigenvalue weighted by molar-refractivity contribution is 0.385. The van der Waals surface area contributed by atoms with E-state index in [2.05, 4.69) is 0 Å². The van der Waals surface area contributed by atoms with E-state index in [1.807, 2.05) is 0 Å². The van der Waals surface area contributed by atoms with Gasteiger partial charge in [0.25, 0.3) is 0 Å². The lowest BCUT2D eigenvalue weighted by Gasteiger charge is -2.00. The second-order valence-corrected chi connectivity index (χ2v) is 3.91. The summed E-state index contributed by atoms with van der Waals surface area (Å²) in [5, 5.41) is 0.973. The van der Waals surface area contributed by atoms with Gasteiger partial charge in [-0.05, 0) is 12.1 Å². The van der Waals surface area contributed by atoms with Crippen LogP contribution in [-0.2, 0) is 0 Å². The Balaban J connectivity index is 2.50. The second kappa shape index (κ2) is 3.73. The average molecular weight is 244 g/mol. The van der Waals surface area contributed by atoms with Gasteiger partial charge < -0.3 is 9.15 Å². The van der Waals surface area contributed by atoms with Crippen LogP contribution in [0.2, 0.25) is 0 Å². The number of fused-ring (bicyclic) bond motifs is 3. The molecule has 5 heteroatoms. The van der Waals surface area contributed by atoms with Gasteiger partial charge in [-0.3, -0.25) is 0 Å². The fourth-order valence-corrected chi connectivity index (χ4v) is 1.99. The van der Waals surface area contributed by atoms with Gasteiger partial charge in [0.15, 0.2) is 22.7 Å². The number of rotatable bonds is 1. The SMILES string of the molecule is [B]c1ccc2c(oc3c(F)c(OC)ccc32)c1F. The summed E-state index contributed by atoms with van der Waals surface area (Å²) in [5.74, 6) is -1.28. The van der Waals surface area contributed by atoms with Crippen molar-refractivity contribution in [2.24, 2.45) is 0 Å². The van der Waals surface area contributed by atoms with Gasteiger partial charge in [-0.2, -0.15) is 4.39 Å². The summed E-state index contributed by atoms with van der Waals surface area (Å²) in [4.78, 5) is 0. The van der Waals surface area contributed by atoms with Gasteiger partial charge in [0.1, 0.15) is 7.85 Å². The van der Waals surface area contributed by atoms with Gasteiger partial charge in [-0.15, -0.1) is 0 Å². The van der Waals surface area contributed by atoms with Crippen molar-refractivity contribution in [3.63, 3.8) is 0 Å². The van der Waals surface area contributed by atoms with Gasteiger partial charge in [0.2, 0.25) is 5.82 Å². The molecule has 0 atom stereocenters. The van der Waals surface area contributed by atoms with Crippen LogP contribution in [0.3, 0.4) is 0 Å². The number of benzene rings is 2. The minimum atomic E-state index is -0.679. The van der Waals surface area contributed by atoms with Crippen LogP contribution in [0.1, 0.15) is 0 Å². The highest BCUT2D eigenvalue weighted by Gasteiger charge is 2.17. The highest BCUT2D eigenvalue weighted by molar-refractivity contribution is 6.33. The summed E-state index contributed by atoms with van der Waals surface area (Å²) in [7, 11) is 6.80. The molecular weight excluding hydrogens is 237 g/mol. The predicted molar refractivity (Wildman–Crippen MR) is 65.6 cm³/mol. The van der Waals surface area contributed by atoms with Crippen LogP contribution in [0.5, 0.6) is 5.75 Å². The summed E-state index contributed by atoms with van der Waals surface area (Å²) in [6.07, 6.45) is 0. The quantitative estimate of drug-likeness (QED) is 0.614. The molecule has 0 saturated heterocycles. The molecule has 1 heterocycles.